The lowest BCUT2D eigenvalue weighted by Gasteiger charge is -2.01. The lowest BCUT2D eigenvalue weighted by molar-refractivity contribution is 0.100. The van der Waals surface area contributed by atoms with Crippen LogP contribution in [-0.4, -0.2) is 10.9 Å². The summed E-state index contributed by atoms with van der Waals surface area (Å²) in [5.74, 6) is -0.822. The van der Waals surface area contributed by atoms with Crippen molar-refractivity contribution in [3.05, 3.63) is 59.9 Å². The number of primary amides is 1. The normalized spacial score (nSPS) is 10.8. The predicted octanol–water partition coefficient (Wildman–Crippen LogP) is 3.07. The van der Waals surface area contributed by atoms with Crippen molar-refractivity contribution < 1.29 is 9.18 Å². The minimum atomic E-state index is -0.503. The van der Waals surface area contributed by atoms with Crippen molar-refractivity contribution in [1.82, 2.24) is 4.98 Å². The van der Waals surface area contributed by atoms with E-state index < -0.39 is 5.91 Å². The van der Waals surface area contributed by atoms with E-state index in [0.29, 0.717) is 11.3 Å². The van der Waals surface area contributed by atoms with Gasteiger partial charge in [-0.15, -0.1) is 0 Å². The monoisotopic (exact) mass is 254 g/mol. The van der Waals surface area contributed by atoms with Crippen LogP contribution in [0.3, 0.4) is 0 Å². The molecule has 0 aliphatic heterocycles. The van der Waals surface area contributed by atoms with Crippen LogP contribution in [0.5, 0.6) is 0 Å². The third-order valence-corrected chi connectivity index (χ3v) is 3.09. The van der Waals surface area contributed by atoms with Crippen molar-refractivity contribution in [3.63, 3.8) is 0 Å². The number of amides is 1. The molecule has 0 saturated heterocycles. The van der Waals surface area contributed by atoms with Crippen LogP contribution in [0.15, 0.2) is 48.5 Å². The van der Waals surface area contributed by atoms with E-state index in [9.17, 15) is 9.18 Å². The lowest BCUT2D eigenvalue weighted by atomic mass is 10.0. The third kappa shape index (κ3) is 1.87. The van der Waals surface area contributed by atoms with E-state index in [2.05, 4.69) is 4.98 Å². The van der Waals surface area contributed by atoms with Crippen molar-refractivity contribution in [3.8, 4) is 11.3 Å². The van der Waals surface area contributed by atoms with Gasteiger partial charge in [0.2, 0.25) is 0 Å². The Balaban J connectivity index is 2.31. The quantitative estimate of drug-likeness (QED) is 0.725. The molecule has 0 bridgehead atoms. The van der Waals surface area contributed by atoms with Gasteiger partial charge in [-0.3, -0.25) is 4.79 Å². The Kier molecular flexibility index (Phi) is 2.56. The average molecular weight is 254 g/mol. The van der Waals surface area contributed by atoms with E-state index in [1.807, 2.05) is 24.3 Å². The molecule has 0 saturated carbocycles. The molecular weight excluding hydrogens is 243 g/mol. The number of carbonyl (C=O) groups is 1. The number of hydrogen-bond donors (Lipinski definition) is 2. The highest BCUT2D eigenvalue weighted by molar-refractivity contribution is 6.11. The van der Waals surface area contributed by atoms with Crippen molar-refractivity contribution in [2.45, 2.75) is 0 Å². The minimum Gasteiger partial charge on any atom is -0.366 e. The molecule has 1 aromatic heterocycles. The second-order valence-corrected chi connectivity index (χ2v) is 4.29. The van der Waals surface area contributed by atoms with Gasteiger partial charge in [-0.05, 0) is 35.9 Å². The molecule has 0 aliphatic carbocycles. The molecule has 2 aromatic carbocycles. The van der Waals surface area contributed by atoms with E-state index in [1.54, 1.807) is 12.1 Å². The SMILES string of the molecule is NC(=O)c1c(-c2ccc(F)cc2)[nH]c2ccccc12. The first-order valence-corrected chi connectivity index (χ1v) is 5.83. The maximum Gasteiger partial charge on any atom is 0.251 e. The fourth-order valence-corrected chi connectivity index (χ4v) is 2.23. The summed E-state index contributed by atoms with van der Waals surface area (Å²) in [7, 11) is 0. The zero-order chi connectivity index (χ0) is 13.4. The molecule has 0 atom stereocenters. The van der Waals surface area contributed by atoms with E-state index in [-0.39, 0.29) is 5.82 Å². The fraction of sp³-hybridized carbons (Fsp3) is 0. The Morgan fingerprint density at radius 2 is 1.74 bits per heavy atom. The zero-order valence-electron chi connectivity index (χ0n) is 9.98. The number of hydrogen-bond acceptors (Lipinski definition) is 1. The summed E-state index contributed by atoms with van der Waals surface area (Å²) in [5.41, 5.74) is 8.07. The van der Waals surface area contributed by atoms with Gasteiger partial charge in [0, 0.05) is 10.9 Å². The van der Waals surface area contributed by atoms with Crippen LogP contribution in [0, 0.1) is 5.82 Å². The highest BCUT2D eigenvalue weighted by atomic mass is 19.1. The Bertz CT molecular complexity index is 759. The van der Waals surface area contributed by atoms with Crippen LogP contribution in [0.4, 0.5) is 4.39 Å². The van der Waals surface area contributed by atoms with Crippen molar-refractivity contribution in [2.24, 2.45) is 5.73 Å². The number of nitrogens with one attached hydrogen (secondary N) is 1. The van der Waals surface area contributed by atoms with Gasteiger partial charge in [0.25, 0.3) is 5.91 Å². The second-order valence-electron chi connectivity index (χ2n) is 4.29. The van der Waals surface area contributed by atoms with Gasteiger partial charge in [0.1, 0.15) is 5.82 Å². The van der Waals surface area contributed by atoms with Crippen molar-refractivity contribution in [2.75, 3.05) is 0 Å². The first kappa shape index (κ1) is 11.5. The lowest BCUT2D eigenvalue weighted by Crippen LogP contribution is -2.11. The summed E-state index contributed by atoms with van der Waals surface area (Å²) >= 11 is 0. The van der Waals surface area contributed by atoms with Gasteiger partial charge in [0.05, 0.1) is 11.3 Å². The summed E-state index contributed by atoms with van der Waals surface area (Å²) in [6.07, 6.45) is 0. The number of carbonyl (C=O) groups excluding carboxylic acids is 1. The molecule has 0 fully saturated rings. The maximum atomic E-state index is 13.0. The Morgan fingerprint density at radius 3 is 2.42 bits per heavy atom. The van der Waals surface area contributed by atoms with Crippen LogP contribution in [0.1, 0.15) is 10.4 Å². The van der Waals surface area contributed by atoms with Crippen molar-refractivity contribution >= 4 is 16.8 Å². The molecule has 0 spiro atoms. The fourth-order valence-electron chi connectivity index (χ4n) is 2.23. The number of aromatic nitrogens is 1. The first-order chi connectivity index (χ1) is 9.16. The topological polar surface area (TPSA) is 58.9 Å². The van der Waals surface area contributed by atoms with Crippen LogP contribution < -0.4 is 5.73 Å². The molecular formula is C15H11FN2O. The van der Waals surface area contributed by atoms with E-state index in [1.165, 1.54) is 12.1 Å². The molecule has 0 aliphatic rings. The number of rotatable bonds is 2. The minimum absolute atomic E-state index is 0.319. The number of halogens is 1. The highest BCUT2D eigenvalue weighted by Gasteiger charge is 2.16. The van der Waals surface area contributed by atoms with Crippen LogP contribution in [0.25, 0.3) is 22.2 Å². The third-order valence-electron chi connectivity index (χ3n) is 3.09. The average Bonchev–Trinajstić information content (AvgIpc) is 2.78. The summed E-state index contributed by atoms with van der Waals surface area (Å²) in [5, 5.41) is 0.773. The number of benzene rings is 2. The molecule has 19 heavy (non-hydrogen) atoms. The molecule has 0 radical (unpaired) electrons. The van der Waals surface area contributed by atoms with E-state index in [0.717, 1.165) is 16.5 Å². The molecule has 94 valence electrons. The first-order valence-electron chi connectivity index (χ1n) is 5.83. The largest absolute Gasteiger partial charge is 0.366 e. The molecule has 1 amide bonds. The standard InChI is InChI=1S/C15H11FN2O/c16-10-7-5-9(6-8-10)14-13(15(17)19)11-3-1-2-4-12(11)18-14/h1-8,18H,(H2,17,19). The van der Waals surface area contributed by atoms with Crippen LogP contribution in [0.2, 0.25) is 0 Å². The van der Waals surface area contributed by atoms with E-state index >= 15 is 0 Å². The molecule has 3 nitrogen and oxygen atoms in total. The highest BCUT2D eigenvalue weighted by Crippen LogP contribution is 2.29. The summed E-state index contributed by atoms with van der Waals surface area (Å²) < 4.78 is 13.0. The maximum absolute atomic E-state index is 13.0. The second kappa shape index (κ2) is 4.24. The molecule has 3 N–H and O–H groups in total. The van der Waals surface area contributed by atoms with Gasteiger partial charge < -0.3 is 10.7 Å². The summed E-state index contributed by atoms with van der Waals surface area (Å²) in [6.45, 7) is 0. The molecule has 4 heteroatoms. The van der Waals surface area contributed by atoms with Crippen LogP contribution >= 0.6 is 0 Å². The number of H-pyrrole nitrogens is 1. The Labute approximate surface area is 108 Å². The van der Waals surface area contributed by atoms with Gasteiger partial charge in [-0.25, -0.2) is 4.39 Å². The molecule has 1 heterocycles. The zero-order valence-corrected chi connectivity index (χ0v) is 9.98. The molecule has 0 unspecified atom stereocenters. The predicted molar refractivity (Wildman–Crippen MR) is 72.2 cm³/mol. The van der Waals surface area contributed by atoms with Gasteiger partial charge >= 0.3 is 0 Å². The Hall–Kier alpha value is -2.62. The van der Waals surface area contributed by atoms with Gasteiger partial charge in [0.15, 0.2) is 0 Å². The number of nitrogens with two attached hydrogens (primary N) is 1. The number of aromatic amines is 1. The summed E-state index contributed by atoms with van der Waals surface area (Å²) in [4.78, 5) is 14.8. The molecule has 3 rings (SSSR count). The molecule has 3 aromatic rings. The smallest absolute Gasteiger partial charge is 0.251 e. The van der Waals surface area contributed by atoms with Crippen LogP contribution in [-0.2, 0) is 0 Å². The summed E-state index contributed by atoms with van der Waals surface area (Å²) in [6, 6.07) is 13.4. The number of para-hydroxylation sites is 1. The van der Waals surface area contributed by atoms with E-state index in [4.69, 9.17) is 5.73 Å². The number of fused-ring (bicyclic) bond motifs is 1. The Morgan fingerprint density at radius 1 is 1.05 bits per heavy atom. The van der Waals surface area contributed by atoms with Crippen molar-refractivity contribution in [1.29, 1.82) is 0 Å². The van der Waals surface area contributed by atoms with Gasteiger partial charge in [-0.1, -0.05) is 18.2 Å². The van der Waals surface area contributed by atoms with Gasteiger partial charge in [-0.2, -0.15) is 0 Å².